The lowest BCUT2D eigenvalue weighted by molar-refractivity contribution is 0.171. The van der Waals surface area contributed by atoms with Crippen LogP contribution in [0.5, 0.6) is 11.5 Å². The fraction of sp³-hybridized carbons (Fsp3) is 0.625. The molecule has 1 aromatic carbocycles. The lowest BCUT2D eigenvalue weighted by Crippen LogP contribution is -2.21. The SMILES string of the molecule is CNC(CSC(C)C(C)C)c1ccc2c(c1)OCCO2. The van der Waals surface area contributed by atoms with Gasteiger partial charge in [-0.3, -0.25) is 0 Å². The van der Waals surface area contributed by atoms with Crippen LogP contribution in [0.2, 0.25) is 0 Å². The topological polar surface area (TPSA) is 30.5 Å². The van der Waals surface area contributed by atoms with Crippen LogP contribution in [-0.4, -0.2) is 31.3 Å². The maximum absolute atomic E-state index is 5.66. The number of benzene rings is 1. The molecule has 1 aromatic rings. The van der Waals surface area contributed by atoms with E-state index >= 15 is 0 Å². The quantitative estimate of drug-likeness (QED) is 0.870. The first kappa shape index (κ1) is 15.5. The van der Waals surface area contributed by atoms with E-state index in [1.54, 1.807) is 0 Å². The van der Waals surface area contributed by atoms with Crippen LogP contribution in [0.25, 0.3) is 0 Å². The molecule has 0 saturated heterocycles. The molecule has 1 aliphatic rings. The van der Waals surface area contributed by atoms with Gasteiger partial charge in [0.1, 0.15) is 13.2 Å². The number of hydrogen-bond acceptors (Lipinski definition) is 4. The van der Waals surface area contributed by atoms with Gasteiger partial charge in [0.2, 0.25) is 0 Å². The molecule has 3 nitrogen and oxygen atoms in total. The second-order valence-corrected chi connectivity index (χ2v) is 6.94. The van der Waals surface area contributed by atoms with E-state index in [2.05, 4.69) is 38.2 Å². The second-order valence-electron chi connectivity index (χ2n) is 5.53. The second kappa shape index (κ2) is 7.23. The number of fused-ring (bicyclic) bond motifs is 1. The van der Waals surface area contributed by atoms with Gasteiger partial charge in [-0.15, -0.1) is 0 Å². The highest BCUT2D eigenvalue weighted by molar-refractivity contribution is 7.99. The summed E-state index contributed by atoms with van der Waals surface area (Å²) in [4.78, 5) is 0. The first-order valence-electron chi connectivity index (χ1n) is 7.30. The van der Waals surface area contributed by atoms with Crippen molar-refractivity contribution in [3.05, 3.63) is 23.8 Å². The van der Waals surface area contributed by atoms with Crippen molar-refractivity contribution in [2.24, 2.45) is 5.92 Å². The molecule has 0 amide bonds. The van der Waals surface area contributed by atoms with Gasteiger partial charge in [0.05, 0.1) is 0 Å². The summed E-state index contributed by atoms with van der Waals surface area (Å²) >= 11 is 2.01. The standard InChI is InChI=1S/C16H25NO2S/c1-11(2)12(3)20-10-14(17-4)13-5-6-15-16(9-13)19-8-7-18-15/h5-6,9,11-12,14,17H,7-8,10H2,1-4H3. The van der Waals surface area contributed by atoms with Gasteiger partial charge in [-0.05, 0) is 30.7 Å². The fourth-order valence-corrected chi connectivity index (χ4v) is 3.30. The Bertz CT molecular complexity index is 436. The van der Waals surface area contributed by atoms with Crippen molar-refractivity contribution in [1.29, 1.82) is 0 Å². The molecule has 0 aliphatic carbocycles. The van der Waals surface area contributed by atoms with E-state index in [1.807, 2.05) is 24.9 Å². The molecule has 2 atom stereocenters. The normalized spacial score (nSPS) is 17.1. The zero-order chi connectivity index (χ0) is 14.5. The van der Waals surface area contributed by atoms with Gasteiger partial charge in [0.25, 0.3) is 0 Å². The Hall–Kier alpha value is -0.870. The minimum atomic E-state index is 0.344. The molecule has 2 unspecified atom stereocenters. The highest BCUT2D eigenvalue weighted by atomic mass is 32.2. The Labute approximate surface area is 126 Å². The molecular weight excluding hydrogens is 270 g/mol. The molecule has 0 saturated carbocycles. The molecule has 0 fully saturated rings. The molecule has 112 valence electrons. The summed E-state index contributed by atoms with van der Waals surface area (Å²) < 4.78 is 11.2. The van der Waals surface area contributed by atoms with Crippen molar-refractivity contribution in [3.8, 4) is 11.5 Å². The van der Waals surface area contributed by atoms with Gasteiger partial charge in [-0.1, -0.05) is 26.8 Å². The third-order valence-corrected chi connectivity index (χ3v) is 5.38. The first-order chi connectivity index (χ1) is 9.61. The summed E-state index contributed by atoms with van der Waals surface area (Å²) in [7, 11) is 2.02. The monoisotopic (exact) mass is 295 g/mol. The van der Waals surface area contributed by atoms with Crippen molar-refractivity contribution >= 4 is 11.8 Å². The summed E-state index contributed by atoms with van der Waals surface area (Å²) in [6, 6.07) is 6.60. The molecule has 0 radical (unpaired) electrons. The summed E-state index contributed by atoms with van der Waals surface area (Å²) in [5.41, 5.74) is 1.26. The number of thioether (sulfide) groups is 1. The van der Waals surface area contributed by atoms with Gasteiger partial charge in [-0.2, -0.15) is 11.8 Å². The number of hydrogen-bond donors (Lipinski definition) is 1. The highest BCUT2D eigenvalue weighted by Gasteiger charge is 2.17. The Morgan fingerprint density at radius 3 is 2.50 bits per heavy atom. The third-order valence-electron chi connectivity index (χ3n) is 3.78. The zero-order valence-electron chi connectivity index (χ0n) is 12.8. The van der Waals surface area contributed by atoms with E-state index in [9.17, 15) is 0 Å². The Balaban J connectivity index is 2.03. The molecule has 1 aliphatic heterocycles. The molecule has 20 heavy (non-hydrogen) atoms. The van der Waals surface area contributed by atoms with Crippen molar-refractivity contribution in [3.63, 3.8) is 0 Å². The van der Waals surface area contributed by atoms with Crippen LogP contribution < -0.4 is 14.8 Å². The van der Waals surface area contributed by atoms with Crippen LogP contribution in [0.3, 0.4) is 0 Å². The highest BCUT2D eigenvalue weighted by Crippen LogP contribution is 2.34. The summed E-state index contributed by atoms with van der Waals surface area (Å²) in [6.45, 7) is 8.13. The van der Waals surface area contributed by atoms with Crippen LogP contribution in [0.1, 0.15) is 32.4 Å². The van der Waals surface area contributed by atoms with Crippen molar-refractivity contribution in [2.75, 3.05) is 26.0 Å². The van der Waals surface area contributed by atoms with Gasteiger partial charge < -0.3 is 14.8 Å². The minimum Gasteiger partial charge on any atom is -0.486 e. The van der Waals surface area contributed by atoms with Crippen LogP contribution in [0.15, 0.2) is 18.2 Å². The van der Waals surface area contributed by atoms with E-state index in [1.165, 1.54) is 5.56 Å². The predicted octanol–water partition coefficient (Wildman–Crippen LogP) is 3.50. The maximum atomic E-state index is 5.66. The molecule has 1 heterocycles. The summed E-state index contributed by atoms with van der Waals surface area (Å²) in [5, 5.41) is 4.07. The Morgan fingerprint density at radius 2 is 1.85 bits per heavy atom. The third kappa shape index (κ3) is 3.83. The van der Waals surface area contributed by atoms with Gasteiger partial charge in [0.15, 0.2) is 11.5 Å². The predicted molar refractivity (Wildman–Crippen MR) is 86.0 cm³/mol. The van der Waals surface area contributed by atoms with E-state index in [-0.39, 0.29) is 0 Å². The maximum Gasteiger partial charge on any atom is 0.161 e. The zero-order valence-corrected chi connectivity index (χ0v) is 13.6. The van der Waals surface area contributed by atoms with Crippen LogP contribution in [-0.2, 0) is 0 Å². The summed E-state index contributed by atoms with van der Waals surface area (Å²) in [5.74, 6) is 3.50. The van der Waals surface area contributed by atoms with E-state index in [0.29, 0.717) is 30.4 Å². The lowest BCUT2D eigenvalue weighted by atomic mass is 10.1. The number of ether oxygens (including phenoxy) is 2. The van der Waals surface area contributed by atoms with E-state index in [4.69, 9.17) is 9.47 Å². The number of rotatable bonds is 6. The molecule has 4 heteroatoms. The average molecular weight is 295 g/mol. The molecule has 2 rings (SSSR count). The van der Waals surface area contributed by atoms with Gasteiger partial charge >= 0.3 is 0 Å². The van der Waals surface area contributed by atoms with Gasteiger partial charge in [0, 0.05) is 17.0 Å². The largest absolute Gasteiger partial charge is 0.486 e. The lowest BCUT2D eigenvalue weighted by Gasteiger charge is -2.23. The molecule has 0 bridgehead atoms. The van der Waals surface area contributed by atoms with Crippen molar-refractivity contribution < 1.29 is 9.47 Å². The molecule has 0 spiro atoms. The Morgan fingerprint density at radius 1 is 1.15 bits per heavy atom. The Kier molecular flexibility index (Phi) is 5.61. The van der Waals surface area contributed by atoms with E-state index < -0.39 is 0 Å². The molecule has 1 N–H and O–H groups in total. The fourth-order valence-electron chi connectivity index (χ4n) is 2.06. The van der Waals surface area contributed by atoms with Crippen LogP contribution in [0.4, 0.5) is 0 Å². The molecular formula is C16H25NO2S. The van der Waals surface area contributed by atoms with Crippen molar-refractivity contribution in [1.82, 2.24) is 5.32 Å². The summed E-state index contributed by atoms with van der Waals surface area (Å²) in [6.07, 6.45) is 0. The number of nitrogens with one attached hydrogen (secondary N) is 1. The average Bonchev–Trinajstić information content (AvgIpc) is 2.47. The van der Waals surface area contributed by atoms with Gasteiger partial charge in [-0.25, -0.2) is 0 Å². The van der Waals surface area contributed by atoms with Crippen LogP contribution >= 0.6 is 11.8 Å². The first-order valence-corrected chi connectivity index (χ1v) is 8.35. The molecule has 0 aromatic heterocycles. The minimum absolute atomic E-state index is 0.344. The van der Waals surface area contributed by atoms with Crippen molar-refractivity contribution in [2.45, 2.75) is 32.1 Å². The van der Waals surface area contributed by atoms with Crippen LogP contribution in [0, 0.1) is 5.92 Å². The van der Waals surface area contributed by atoms with E-state index in [0.717, 1.165) is 17.3 Å². The smallest absolute Gasteiger partial charge is 0.161 e.